The van der Waals surface area contributed by atoms with Crippen LogP contribution in [0.25, 0.3) is 0 Å². The molecule has 0 saturated heterocycles. The van der Waals surface area contributed by atoms with E-state index in [2.05, 4.69) is 0 Å². The summed E-state index contributed by atoms with van der Waals surface area (Å²) >= 11 is 0. The van der Waals surface area contributed by atoms with Crippen LogP contribution < -0.4 is 11.5 Å². The minimum atomic E-state index is -0.429. The normalized spacial score (nSPS) is 11.7. The number of hydrogen-bond acceptors (Lipinski definition) is 3. The molecule has 14 heavy (non-hydrogen) atoms. The van der Waals surface area contributed by atoms with Gasteiger partial charge >= 0.3 is 0 Å². The van der Waals surface area contributed by atoms with Crippen molar-refractivity contribution in [1.82, 2.24) is 0 Å². The number of carbonyl (C=O) groups excluding carboxylic acids is 1. The molecule has 1 amide bonds. The van der Waals surface area contributed by atoms with Gasteiger partial charge in [0.05, 0.1) is 11.6 Å². The van der Waals surface area contributed by atoms with Gasteiger partial charge in [-0.15, -0.1) is 0 Å². The molecule has 4 heteroatoms. The lowest BCUT2D eigenvalue weighted by atomic mass is 10.0. The number of carbonyl (C=O) groups is 1. The molecule has 1 aromatic carbocycles. The summed E-state index contributed by atoms with van der Waals surface area (Å²) in [5, 5.41) is 8.56. The van der Waals surface area contributed by atoms with E-state index >= 15 is 0 Å². The average molecular weight is 189 g/mol. The van der Waals surface area contributed by atoms with Crippen LogP contribution in [0.3, 0.4) is 0 Å². The van der Waals surface area contributed by atoms with E-state index in [4.69, 9.17) is 16.7 Å². The van der Waals surface area contributed by atoms with Gasteiger partial charge in [-0.05, 0) is 17.7 Å². The monoisotopic (exact) mass is 189 g/mol. The Kier molecular flexibility index (Phi) is 3.21. The molecule has 1 rings (SSSR count). The third-order valence-corrected chi connectivity index (χ3v) is 1.89. The van der Waals surface area contributed by atoms with E-state index in [-0.39, 0.29) is 12.5 Å². The first-order valence-electron chi connectivity index (χ1n) is 4.17. The first kappa shape index (κ1) is 10.2. The van der Waals surface area contributed by atoms with Crippen LogP contribution in [0.1, 0.15) is 23.6 Å². The Labute approximate surface area is 82.1 Å². The second kappa shape index (κ2) is 4.40. The van der Waals surface area contributed by atoms with Crippen molar-refractivity contribution in [3.8, 4) is 6.07 Å². The SMILES string of the molecule is N#Cc1ccc(C(N)CC(N)=O)cc1. The van der Waals surface area contributed by atoms with Crippen molar-refractivity contribution in [3.63, 3.8) is 0 Å². The number of amides is 1. The fourth-order valence-corrected chi connectivity index (χ4v) is 1.14. The molecule has 0 aliphatic heterocycles. The lowest BCUT2D eigenvalue weighted by Crippen LogP contribution is -2.20. The molecule has 1 atom stereocenters. The smallest absolute Gasteiger partial charge is 0.219 e. The van der Waals surface area contributed by atoms with Gasteiger partial charge in [0.15, 0.2) is 0 Å². The van der Waals surface area contributed by atoms with Crippen LogP contribution in [0, 0.1) is 11.3 Å². The van der Waals surface area contributed by atoms with Crippen molar-refractivity contribution in [2.75, 3.05) is 0 Å². The van der Waals surface area contributed by atoms with Gasteiger partial charge < -0.3 is 11.5 Å². The maximum atomic E-state index is 10.6. The number of primary amides is 1. The summed E-state index contributed by atoms with van der Waals surface area (Å²) in [5.41, 5.74) is 12.1. The van der Waals surface area contributed by atoms with Gasteiger partial charge in [0.2, 0.25) is 5.91 Å². The Morgan fingerprint density at radius 2 is 2.00 bits per heavy atom. The van der Waals surface area contributed by atoms with Gasteiger partial charge in [0.25, 0.3) is 0 Å². The average Bonchev–Trinajstić information content (AvgIpc) is 2.17. The fraction of sp³-hybridized carbons (Fsp3) is 0.200. The lowest BCUT2D eigenvalue weighted by Gasteiger charge is -2.08. The predicted octanol–water partition coefficient (Wildman–Crippen LogP) is 0.433. The molecule has 4 N–H and O–H groups in total. The molecular weight excluding hydrogens is 178 g/mol. The highest BCUT2D eigenvalue weighted by Crippen LogP contribution is 2.13. The summed E-state index contributed by atoms with van der Waals surface area (Å²) in [7, 11) is 0. The Bertz CT molecular complexity index is 364. The van der Waals surface area contributed by atoms with E-state index in [1.165, 1.54) is 0 Å². The molecule has 1 aromatic rings. The molecular formula is C10H11N3O. The second-order valence-electron chi connectivity index (χ2n) is 3.01. The van der Waals surface area contributed by atoms with E-state index in [9.17, 15) is 4.79 Å². The number of nitrogens with zero attached hydrogens (tertiary/aromatic N) is 1. The molecule has 0 radical (unpaired) electrons. The van der Waals surface area contributed by atoms with Gasteiger partial charge in [-0.25, -0.2) is 0 Å². The van der Waals surface area contributed by atoms with Gasteiger partial charge in [-0.2, -0.15) is 5.26 Å². The van der Waals surface area contributed by atoms with Gasteiger partial charge in [0, 0.05) is 12.5 Å². The molecule has 0 spiro atoms. The van der Waals surface area contributed by atoms with Crippen LogP contribution >= 0.6 is 0 Å². The van der Waals surface area contributed by atoms with E-state index in [0.717, 1.165) is 5.56 Å². The maximum Gasteiger partial charge on any atom is 0.219 e. The zero-order valence-electron chi connectivity index (χ0n) is 7.60. The summed E-state index contributed by atoms with van der Waals surface area (Å²) in [6, 6.07) is 8.40. The third kappa shape index (κ3) is 2.57. The molecule has 0 bridgehead atoms. The molecule has 0 fully saturated rings. The fourth-order valence-electron chi connectivity index (χ4n) is 1.14. The van der Waals surface area contributed by atoms with Crippen molar-refractivity contribution < 1.29 is 4.79 Å². The summed E-state index contributed by atoms with van der Waals surface area (Å²) < 4.78 is 0. The Morgan fingerprint density at radius 3 is 2.43 bits per heavy atom. The highest BCUT2D eigenvalue weighted by molar-refractivity contribution is 5.74. The number of rotatable bonds is 3. The lowest BCUT2D eigenvalue weighted by molar-refractivity contribution is -0.118. The molecule has 0 aromatic heterocycles. The standard InChI is InChI=1S/C10H11N3O/c11-6-7-1-3-8(4-2-7)9(12)5-10(13)14/h1-4,9H,5,12H2,(H2,13,14). The molecule has 0 heterocycles. The van der Waals surface area contributed by atoms with Gasteiger partial charge in [-0.1, -0.05) is 12.1 Å². The van der Waals surface area contributed by atoms with Crippen LogP contribution in [0.5, 0.6) is 0 Å². The van der Waals surface area contributed by atoms with Crippen molar-refractivity contribution in [3.05, 3.63) is 35.4 Å². The highest BCUT2D eigenvalue weighted by atomic mass is 16.1. The van der Waals surface area contributed by atoms with Crippen LogP contribution in [0.15, 0.2) is 24.3 Å². The van der Waals surface area contributed by atoms with Crippen molar-refractivity contribution in [1.29, 1.82) is 5.26 Å². The Hall–Kier alpha value is -1.86. The quantitative estimate of drug-likeness (QED) is 0.722. The first-order valence-corrected chi connectivity index (χ1v) is 4.17. The third-order valence-electron chi connectivity index (χ3n) is 1.89. The topological polar surface area (TPSA) is 92.9 Å². The maximum absolute atomic E-state index is 10.6. The highest BCUT2D eigenvalue weighted by Gasteiger charge is 2.08. The van der Waals surface area contributed by atoms with Crippen LogP contribution in [0.4, 0.5) is 0 Å². The van der Waals surface area contributed by atoms with E-state index in [1.54, 1.807) is 24.3 Å². The van der Waals surface area contributed by atoms with Crippen molar-refractivity contribution in [2.24, 2.45) is 11.5 Å². The minimum absolute atomic E-state index is 0.117. The Morgan fingerprint density at radius 1 is 1.43 bits per heavy atom. The van der Waals surface area contributed by atoms with Crippen LogP contribution in [-0.4, -0.2) is 5.91 Å². The first-order chi connectivity index (χ1) is 6.63. The minimum Gasteiger partial charge on any atom is -0.370 e. The number of nitriles is 1. The summed E-state index contributed by atoms with van der Waals surface area (Å²) in [6.45, 7) is 0. The zero-order valence-corrected chi connectivity index (χ0v) is 7.60. The molecule has 72 valence electrons. The van der Waals surface area contributed by atoms with Crippen molar-refractivity contribution >= 4 is 5.91 Å². The summed E-state index contributed by atoms with van der Waals surface area (Å²) in [5.74, 6) is -0.429. The molecule has 0 saturated carbocycles. The second-order valence-corrected chi connectivity index (χ2v) is 3.01. The summed E-state index contributed by atoms with van der Waals surface area (Å²) in [6.07, 6.45) is 0.117. The van der Waals surface area contributed by atoms with Gasteiger partial charge in [0.1, 0.15) is 0 Å². The summed E-state index contributed by atoms with van der Waals surface area (Å²) in [4.78, 5) is 10.6. The number of hydrogen-bond donors (Lipinski definition) is 2. The van der Waals surface area contributed by atoms with Gasteiger partial charge in [-0.3, -0.25) is 4.79 Å². The number of benzene rings is 1. The van der Waals surface area contributed by atoms with E-state index in [1.807, 2.05) is 6.07 Å². The Balaban J connectivity index is 2.77. The predicted molar refractivity (Wildman–Crippen MR) is 51.9 cm³/mol. The molecule has 0 aliphatic carbocycles. The molecule has 4 nitrogen and oxygen atoms in total. The zero-order chi connectivity index (χ0) is 10.6. The molecule has 1 unspecified atom stereocenters. The van der Waals surface area contributed by atoms with E-state index in [0.29, 0.717) is 5.56 Å². The number of nitrogens with two attached hydrogens (primary N) is 2. The van der Waals surface area contributed by atoms with Crippen LogP contribution in [0.2, 0.25) is 0 Å². The van der Waals surface area contributed by atoms with Crippen LogP contribution in [-0.2, 0) is 4.79 Å². The molecule has 0 aliphatic rings. The largest absolute Gasteiger partial charge is 0.370 e. The van der Waals surface area contributed by atoms with Crippen molar-refractivity contribution in [2.45, 2.75) is 12.5 Å². The van der Waals surface area contributed by atoms with E-state index < -0.39 is 5.91 Å².